The molecule has 2 aliphatic carbocycles. The Morgan fingerprint density at radius 1 is 0.712 bits per heavy atom. The smallest absolute Gasteiger partial charge is 0.407 e. The highest BCUT2D eigenvalue weighted by molar-refractivity contribution is 7.99. The normalized spacial score (nSPS) is 17.1. The maximum absolute atomic E-state index is 12.1. The number of amides is 1. The Hall–Kier alpha value is -3.82. The van der Waals surface area contributed by atoms with Crippen LogP contribution in [0.4, 0.5) is 4.79 Å². The number of ether oxygens (including phenoxy) is 4. The van der Waals surface area contributed by atoms with E-state index in [1.807, 2.05) is 22.7 Å². The van der Waals surface area contributed by atoms with Crippen molar-refractivity contribution >= 4 is 29.8 Å². The Morgan fingerprint density at radius 2 is 1.25 bits per heavy atom. The zero-order chi connectivity index (χ0) is 41.9. The van der Waals surface area contributed by atoms with E-state index in [4.69, 9.17) is 18.9 Å². The molecule has 0 radical (unpaired) electrons. The lowest BCUT2D eigenvalue weighted by Gasteiger charge is -2.22. The molecule has 0 aromatic carbocycles. The second kappa shape index (κ2) is 28.6. The van der Waals surface area contributed by atoms with Gasteiger partial charge < -0.3 is 39.6 Å². The van der Waals surface area contributed by atoms with Crippen molar-refractivity contribution in [1.82, 2.24) is 25.1 Å². The molecule has 1 amide bonds. The molecule has 16 heteroatoms. The molecule has 59 heavy (non-hydrogen) atoms. The van der Waals surface area contributed by atoms with Crippen LogP contribution in [0.5, 0.6) is 0 Å². The van der Waals surface area contributed by atoms with Gasteiger partial charge in [0.25, 0.3) is 0 Å². The van der Waals surface area contributed by atoms with E-state index in [9.17, 15) is 29.7 Å². The molecule has 3 atom stereocenters. The van der Waals surface area contributed by atoms with Gasteiger partial charge in [-0.05, 0) is 85.6 Å². The van der Waals surface area contributed by atoms with Gasteiger partial charge >= 0.3 is 18.0 Å². The highest BCUT2D eigenvalue weighted by Crippen LogP contribution is 2.52. The van der Waals surface area contributed by atoms with Crippen molar-refractivity contribution in [3.05, 3.63) is 59.2 Å². The first-order chi connectivity index (χ1) is 28.8. The molecule has 15 nitrogen and oxygen atoms in total. The number of thioether (sulfide) groups is 1. The molecule has 4 N–H and O–H groups in total. The van der Waals surface area contributed by atoms with Gasteiger partial charge in [0.05, 0.1) is 57.6 Å². The number of aliphatic hydroxyl groups is 1. The van der Waals surface area contributed by atoms with Crippen LogP contribution >= 0.6 is 11.8 Å². The number of pyridine rings is 2. The van der Waals surface area contributed by atoms with Crippen molar-refractivity contribution < 1.29 is 48.7 Å². The van der Waals surface area contributed by atoms with E-state index < -0.39 is 11.9 Å². The van der Waals surface area contributed by atoms with Crippen LogP contribution in [0, 0.1) is 29.6 Å². The summed E-state index contributed by atoms with van der Waals surface area (Å²) in [5.74, 6) is 8.25. The molecule has 4 rings (SSSR count). The summed E-state index contributed by atoms with van der Waals surface area (Å²) in [6, 6.07) is 9.84. The number of rotatable bonds is 32. The second-order valence-electron chi connectivity index (χ2n) is 14.7. The third kappa shape index (κ3) is 19.9. The molecule has 2 aromatic heterocycles. The van der Waals surface area contributed by atoms with Crippen LogP contribution in [-0.2, 0) is 32.0 Å². The Labute approximate surface area is 352 Å². The number of aromatic carboxylic acids is 2. The minimum Gasteiger partial charge on any atom is -0.477 e. The number of fused-ring (bicyclic) bond motifs is 1. The van der Waals surface area contributed by atoms with Crippen LogP contribution in [0.2, 0.25) is 0 Å². The molecular formula is C43H63N5O10S. The average Bonchev–Trinajstić information content (AvgIpc) is 3.87. The van der Waals surface area contributed by atoms with Gasteiger partial charge in [-0.1, -0.05) is 18.6 Å². The van der Waals surface area contributed by atoms with Gasteiger partial charge in [0.15, 0.2) is 0 Å². The fourth-order valence-electron chi connectivity index (χ4n) is 7.08. The molecule has 0 aliphatic heterocycles. The van der Waals surface area contributed by atoms with Crippen molar-refractivity contribution in [2.45, 2.75) is 64.5 Å². The summed E-state index contributed by atoms with van der Waals surface area (Å²) >= 11 is 1.92. The molecule has 2 aliphatic rings. The van der Waals surface area contributed by atoms with E-state index in [2.05, 4.69) is 32.0 Å². The average molecular weight is 842 g/mol. The van der Waals surface area contributed by atoms with E-state index in [0.717, 1.165) is 62.9 Å². The van der Waals surface area contributed by atoms with Crippen LogP contribution in [-0.4, -0.2) is 150 Å². The zero-order valence-electron chi connectivity index (χ0n) is 34.3. The van der Waals surface area contributed by atoms with Gasteiger partial charge in [0.1, 0.15) is 11.4 Å². The largest absolute Gasteiger partial charge is 0.477 e. The number of carboxylic acids is 2. The Morgan fingerprint density at radius 3 is 1.81 bits per heavy atom. The van der Waals surface area contributed by atoms with Gasteiger partial charge in [-0.2, -0.15) is 11.8 Å². The highest BCUT2D eigenvalue weighted by atomic mass is 32.2. The van der Waals surface area contributed by atoms with Gasteiger partial charge in [-0.15, -0.1) is 11.8 Å². The monoisotopic (exact) mass is 841 g/mol. The van der Waals surface area contributed by atoms with Crippen molar-refractivity contribution in [1.29, 1.82) is 0 Å². The number of unbranched alkanes of at least 4 members (excludes halogenated alkanes) is 2. The molecule has 0 saturated heterocycles. The lowest BCUT2D eigenvalue weighted by Crippen LogP contribution is -2.32. The number of hydrogen-bond donors (Lipinski definition) is 4. The van der Waals surface area contributed by atoms with Crippen LogP contribution in [0.1, 0.15) is 83.7 Å². The number of nitrogens with one attached hydrogen (secondary N) is 1. The summed E-state index contributed by atoms with van der Waals surface area (Å²) in [5.41, 5.74) is 1.25. The number of carboxylic acid groups (broad SMARTS) is 2. The molecule has 2 aromatic rings. The number of carbonyl (C=O) groups is 3. The molecule has 0 bridgehead atoms. The first kappa shape index (κ1) is 47.9. The summed E-state index contributed by atoms with van der Waals surface area (Å²) in [6.07, 6.45) is 7.95. The maximum atomic E-state index is 12.1. The number of carbonyl (C=O) groups excluding carboxylic acids is 1. The van der Waals surface area contributed by atoms with Gasteiger partial charge in [0.2, 0.25) is 0 Å². The van der Waals surface area contributed by atoms with Crippen LogP contribution in [0.3, 0.4) is 0 Å². The van der Waals surface area contributed by atoms with Crippen molar-refractivity contribution in [2.24, 2.45) is 17.8 Å². The third-order valence-corrected chi connectivity index (χ3v) is 11.5. The summed E-state index contributed by atoms with van der Waals surface area (Å²) in [4.78, 5) is 47.3. The van der Waals surface area contributed by atoms with E-state index in [-0.39, 0.29) is 24.1 Å². The molecule has 0 unspecified atom stereocenters. The first-order valence-electron chi connectivity index (χ1n) is 21.0. The van der Waals surface area contributed by atoms with E-state index in [1.165, 1.54) is 12.1 Å². The molecule has 0 spiro atoms. The fourth-order valence-corrected chi connectivity index (χ4v) is 8.02. The Bertz CT molecular complexity index is 1590. The minimum atomic E-state index is -1.08. The van der Waals surface area contributed by atoms with Crippen LogP contribution in [0.25, 0.3) is 0 Å². The third-order valence-electron chi connectivity index (χ3n) is 10.3. The van der Waals surface area contributed by atoms with Crippen molar-refractivity contribution in [3.63, 3.8) is 0 Å². The van der Waals surface area contributed by atoms with E-state index in [1.54, 1.807) is 18.2 Å². The maximum Gasteiger partial charge on any atom is 0.407 e. The molecule has 1 fully saturated rings. The number of alkyl carbamates (subject to hydrolysis) is 1. The van der Waals surface area contributed by atoms with Crippen molar-refractivity contribution in [3.8, 4) is 11.8 Å². The lowest BCUT2D eigenvalue weighted by atomic mass is 10.1. The first-order valence-corrected chi connectivity index (χ1v) is 22.1. The number of hydrogen-bond acceptors (Lipinski definition) is 13. The number of aromatic nitrogens is 2. The lowest BCUT2D eigenvalue weighted by molar-refractivity contribution is 0.0244. The zero-order valence-corrected chi connectivity index (χ0v) is 35.1. The molecule has 326 valence electrons. The predicted octanol–water partition coefficient (Wildman–Crippen LogP) is 4.68. The molecule has 2 heterocycles. The summed E-state index contributed by atoms with van der Waals surface area (Å²) in [7, 11) is 0. The van der Waals surface area contributed by atoms with Gasteiger partial charge in [-0.3, -0.25) is 9.80 Å². The standard InChI is InChI=1S/C43H63N5O10S/c49-22-18-47(31-34-11-8-15-39(45-34)41(50)51)19-25-56-27-28-57-26-21-48(32-35-12-9-16-40(46-35)42(52)53)20-24-55-23-10-30-59-29-7-3-6-17-44-43(54)58-33-38-36-13-4-1-2-5-14-37(36)38/h8-9,11-12,15-16,36-38,49H,3-7,10,13-14,17-33H2,(H,44,54)(H,50,51)(H,52,53)/t36-,37+,38+. The molecule has 1 saturated carbocycles. The molecular weight excluding hydrogens is 779 g/mol. The Balaban J connectivity index is 1.01. The Kier molecular flexibility index (Phi) is 23.2. The SMILES string of the molecule is O=C(NCCCCCSCCCOCCN(CCOCCOCCN(CCO)Cc1cccc(C(=O)O)n1)Cc1cccc(C(=O)O)n1)OC[C@H]1[C@@H]2CCC#CCC[C@@H]21. The quantitative estimate of drug-likeness (QED) is 0.0586. The highest BCUT2D eigenvalue weighted by Gasteiger charge is 2.49. The van der Waals surface area contributed by atoms with Gasteiger partial charge in [-0.25, -0.2) is 24.4 Å². The number of aliphatic hydroxyl groups excluding tert-OH is 1. The summed E-state index contributed by atoms with van der Waals surface area (Å²) in [6.45, 7) is 6.95. The topological polar surface area (TPSA) is 193 Å². The van der Waals surface area contributed by atoms with E-state index >= 15 is 0 Å². The van der Waals surface area contributed by atoms with Crippen molar-refractivity contribution in [2.75, 3.05) is 97.1 Å². The summed E-state index contributed by atoms with van der Waals surface area (Å²) < 4.78 is 23.0. The second-order valence-corrected chi connectivity index (χ2v) is 16.0. The summed E-state index contributed by atoms with van der Waals surface area (Å²) in [5, 5.41) is 31.0. The fraction of sp³-hybridized carbons (Fsp3) is 0.651. The van der Waals surface area contributed by atoms with Gasteiger partial charge in [0, 0.05) is 65.3 Å². The minimum absolute atomic E-state index is 0.00641. The van der Waals surface area contributed by atoms with Crippen LogP contribution < -0.4 is 5.32 Å². The van der Waals surface area contributed by atoms with Crippen LogP contribution in [0.15, 0.2) is 36.4 Å². The van der Waals surface area contributed by atoms with E-state index in [0.29, 0.717) is 121 Å². The predicted molar refractivity (Wildman–Crippen MR) is 224 cm³/mol. The number of nitrogens with zero attached hydrogens (tertiary/aromatic N) is 4.